The first-order chi connectivity index (χ1) is 8.04. The van der Waals surface area contributed by atoms with Crippen molar-refractivity contribution in [1.29, 1.82) is 0 Å². The number of rotatable bonds is 3. The lowest BCUT2D eigenvalue weighted by Crippen LogP contribution is -2.43. The van der Waals surface area contributed by atoms with Gasteiger partial charge in [-0.15, -0.1) is 11.8 Å². The standard InChI is InChI=1S/C10H15N3O2S2/c1-2-12-17(14,15)13-5-6-16-10-4-3-8(11)7-9(10)13/h3-4,7,12H,2,5-6,11H2,1H3. The van der Waals surface area contributed by atoms with E-state index in [1.54, 1.807) is 30.8 Å². The van der Waals surface area contributed by atoms with Crippen molar-refractivity contribution in [2.75, 3.05) is 28.9 Å². The predicted molar refractivity (Wildman–Crippen MR) is 71.5 cm³/mol. The van der Waals surface area contributed by atoms with Crippen molar-refractivity contribution < 1.29 is 8.42 Å². The van der Waals surface area contributed by atoms with Crippen LogP contribution in [0.2, 0.25) is 0 Å². The molecule has 0 unspecified atom stereocenters. The highest BCUT2D eigenvalue weighted by molar-refractivity contribution is 7.99. The molecule has 1 aliphatic rings. The highest BCUT2D eigenvalue weighted by Gasteiger charge is 2.27. The van der Waals surface area contributed by atoms with Gasteiger partial charge in [0.15, 0.2) is 0 Å². The molecule has 1 aromatic rings. The summed E-state index contributed by atoms with van der Waals surface area (Å²) in [5, 5.41) is 0. The van der Waals surface area contributed by atoms with Crippen molar-refractivity contribution in [2.45, 2.75) is 11.8 Å². The van der Waals surface area contributed by atoms with E-state index in [0.29, 0.717) is 24.5 Å². The molecule has 0 fully saturated rings. The van der Waals surface area contributed by atoms with Crippen molar-refractivity contribution in [2.24, 2.45) is 0 Å². The number of nitrogens with two attached hydrogens (primary N) is 1. The van der Waals surface area contributed by atoms with Crippen LogP contribution in [0.5, 0.6) is 0 Å². The van der Waals surface area contributed by atoms with Gasteiger partial charge in [-0.05, 0) is 18.2 Å². The summed E-state index contributed by atoms with van der Waals surface area (Å²) in [5.41, 5.74) is 6.95. The molecule has 0 aliphatic carbocycles. The van der Waals surface area contributed by atoms with Gasteiger partial charge in [-0.2, -0.15) is 13.1 Å². The lowest BCUT2D eigenvalue weighted by atomic mass is 10.3. The zero-order valence-corrected chi connectivity index (χ0v) is 11.1. The Hall–Kier alpha value is -0.920. The van der Waals surface area contributed by atoms with E-state index >= 15 is 0 Å². The summed E-state index contributed by atoms with van der Waals surface area (Å²) < 4.78 is 27.9. The number of thioether (sulfide) groups is 1. The van der Waals surface area contributed by atoms with Crippen LogP contribution < -0.4 is 14.8 Å². The van der Waals surface area contributed by atoms with Crippen LogP contribution in [0.25, 0.3) is 0 Å². The Morgan fingerprint density at radius 2 is 2.29 bits per heavy atom. The van der Waals surface area contributed by atoms with Gasteiger partial charge >= 0.3 is 10.2 Å². The molecule has 1 aliphatic heterocycles. The molecule has 0 saturated heterocycles. The fourth-order valence-electron chi connectivity index (χ4n) is 1.72. The first-order valence-electron chi connectivity index (χ1n) is 5.34. The summed E-state index contributed by atoms with van der Waals surface area (Å²) in [7, 11) is -3.45. The Bertz CT molecular complexity index is 516. The Balaban J connectivity index is 2.44. The Kier molecular flexibility index (Phi) is 3.50. The maximum absolute atomic E-state index is 12.0. The van der Waals surface area contributed by atoms with Crippen molar-refractivity contribution >= 4 is 33.3 Å². The number of anilines is 2. The molecule has 94 valence electrons. The van der Waals surface area contributed by atoms with Crippen molar-refractivity contribution in [3.63, 3.8) is 0 Å². The third-order valence-electron chi connectivity index (χ3n) is 2.42. The average molecular weight is 273 g/mol. The van der Waals surface area contributed by atoms with Crippen molar-refractivity contribution in [3.05, 3.63) is 18.2 Å². The minimum atomic E-state index is -3.45. The Labute approximate surface area is 106 Å². The second-order valence-electron chi connectivity index (χ2n) is 3.65. The molecule has 0 radical (unpaired) electrons. The summed E-state index contributed by atoms with van der Waals surface area (Å²) >= 11 is 1.65. The number of hydrogen-bond donors (Lipinski definition) is 2. The van der Waals surface area contributed by atoms with E-state index in [-0.39, 0.29) is 0 Å². The molecule has 0 aromatic heterocycles. The fourth-order valence-corrected chi connectivity index (χ4v) is 4.13. The molecule has 17 heavy (non-hydrogen) atoms. The van der Waals surface area contributed by atoms with E-state index in [1.165, 1.54) is 4.31 Å². The zero-order chi connectivity index (χ0) is 12.5. The number of nitrogens with one attached hydrogen (secondary N) is 1. The average Bonchev–Trinajstić information content (AvgIpc) is 2.28. The lowest BCUT2D eigenvalue weighted by molar-refractivity contribution is 0.579. The summed E-state index contributed by atoms with van der Waals surface area (Å²) in [6, 6.07) is 5.36. The van der Waals surface area contributed by atoms with Gasteiger partial charge in [-0.25, -0.2) is 0 Å². The summed E-state index contributed by atoms with van der Waals surface area (Å²) in [4.78, 5) is 0.951. The molecule has 2 rings (SSSR count). The first-order valence-corrected chi connectivity index (χ1v) is 7.77. The van der Waals surface area contributed by atoms with Crippen LogP contribution in [-0.4, -0.2) is 27.3 Å². The monoisotopic (exact) mass is 273 g/mol. The number of benzene rings is 1. The first kappa shape index (κ1) is 12.5. The van der Waals surface area contributed by atoms with Crippen LogP contribution in [0, 0.1) is 0 Å². The summed E-state index contributed by atoms with van der Waals surface area (Å²) in [6.45, 7) is 2.61. The predicted octanol–water partition coefficient (Wildman–Crippen LogP) is 1.04. The van der Waals surface area contributed by atoms with E-state index < -0.39 is 10.2 Å². The van der Waals surface area contributed by atoms with Gasteiger partial charge in [-0.1, -0.05) is 6.92 Å². The van der Waals surface area contributed by atoms with Gasteiger partial charge in [0.2, 0.25) is 0 Å². The maximum atomic E-state index is 12.0. The molecule has 7 heteroatoms. The van der Waals surface area contributed by atoms with Gasteiger partial charge in [-0.3, -0.25) is 4.31 Å². The molecule has 3 N–H and O–H groups in total. The highest BCUT2D eigenvalue weighted by Crippen LogP contribution is 2.37. The number of nitrogens with zero attached hydrogens (tertiary/aromatic N) is 1. The molecule has 1 heterocycles. The molecule has 0 saturated carbocycles. The summed E-state index contributed by atoms with van der Waals surface area (Å²) in [5.74, 6) is 0.752. The van der Waals surface area contributed by atoms with Gasteiger partial charge in [0.05, 0.1) is 5.69 Å². The van der Waals surface area contributed by atoms with Crippen LogP contribution in [0.1, 0.15) is 6.92 Å². The van der Waals surface area contributed by atoms with E-state index in [9.17, 15) is 8.42 Å². The minimum absolute atomic E-state index is 0.379. The van der Waals surface area contributed by atoms with Crippen LogP contribution >= 0.6 is 11.8 Å². The van der Waals surface area contributed by atoms with Crippen LogP contribution in [-0.2, 0) is 10.2 Å². The van der Waals surface area contributed by atoms with Gasteiger partial charge < -0.3 is 5.73 Å². The zero-order valence-electron chi connectivity index (χ0n) is 9.51. The number of hydrogen-bond acceptors (Lipinski definition) is 4. The smallest absolute Gasteiger partial charge is 0.301 e. The molecule has 0 bridgehead atoms. The van der Waals surface area contributed by atoms with E-state index in [1.807, 2.05) is 6.07 Å². The number of fused-ring (bicyclic) bond motifs is 1. The second-order valence-corrected chi connectivity index (χ2v) is 6.47. The molecule has 0 amide bonds. The van der Waals surface area contributed by atoms with Gasteiger partial charge in [0.1, 0.15) is 0 Å². The lowest BCUT2D eigenvalue weighted by Gasteiger charge is -2.30. The van der Waals surface area contributed by atoms with Crippen molar-refractivity contribution in [1.82, 2.24) is 4.72 Å². The van der Waals surface area contributed by atoms with E-state index in [2.05, 4.69) is 4.72 Å². The fraction of sp³-hybridized carbons (Fsp3) is 0.400. The quantitative estimate of drug-likeness (QED) is 0.807. The SMILES string of the molecule is CCNS(=O)(=O)N1CCSc2ccc(N)cc21. The van der Waals surface area contributed by atoms with Gasteiger partial charge in [0, 0.05) is 29.4 Å². The molecular formula is C10H15N3O2S2. The third-order valence-corrected chi connectivity index (χ3v) is 5.08. The number of nitrogen functional groups attached to an aromatic ring is 1. The molecule has 1 aromatic carbocycles. The maximum Gasteiger partial charge on any atom is 0.301 e. The van der Waals surface area contributed by atoms with Crippen LogP contribution in [0.15, 0.2) is 23.1 Å². The molecule has 0 atom stereocenters. The van der Waals surface area contributed by atoms with Crippen molar-refractivity contribution in [3.8, 4) is 0 Å². The van der Waals surface area contributed by atoms with Gasteiger partial charge in [0.25, 0.3) is 0 Å². The van der Waals surface area contributed by atoms with E-state index in [0.717, 1.165) is 10.6 Å². The normalized spacial score (nSPS) is 15.7. The highest BCUT2D eigenvalue weighted by atomic mass is 32.2. The Morgan fingerprint density at radius 3 is 3.00 bits per heavy atom. The molecular weight excluding hydrogens is 258 g/mol. The van der Waals surface area contributed by atoms with Crippen LogP contribution in [0.3, 0.4) is 0 Å². The third kappa shape index (κ3) is 2.51. The molecule has 5 nitrogen and oxygen atoms in total. The van der Waals surface area contributed by atoms with E-state index in [4.69, 9.17) is 5.73 Å². The molecule has 0 spiro atoms. The Morgan fingerprint density at radius 1 is 1.53 bits per heavy atom. The second kappa shape index (κ2) is 4.75. The topological polar surface area (TPSA) is 75.4 Å². The van der Waals surface area contributed by atoms with Crippen LogP contribution in [0.4, 0.5) is 11.4 Å². The minimum Gasteiger partial charge on any atom is -0.399 e. The summed E-state index contributed by atoms with van der Waals surface area (Å²) in [6.07, 6.45) is 0. The largest absolute Gasteiger partial charge is 0.399 e.